The molecule has 0 saturated carbocycles. The van der Waals surface area contributed by atoms with E-state index in [1.165, 1.54) is 231 Å². The van der Waals surface area contributed by atoms with Crippen LogP contribution in [0.25, 0.3) is 0 Å². The average Bonchev–Trinajstić information content (AvgIpc) is 3.29. The van der Waals surface area contributed by atoms with Gasteiger partial charge in [0.15, 0.2) is 0 Å². The van der Waals surface area contributed by atoms with Crippen LogP contribution in [-0.4, -0.2) is 68.5 Å². The minimum Gasteiger partial charge on any atom is -0.756 e. The second kappa shape index (κ2) is 49.9. The minimum atomic E-state index is -4.59. The summed E-state index contributed by atoms with van der Waals surface area (Å²) in [4.78, 5) is 25.4. The van der Waals surface area contributed by atoms with Crippen molar-refractivity contribution in [3.63, 3.8) is 0 Å². The summed E-state index contributed by atoms with van der Waals surface area (Å²) in [6.07, 6.45) is 62.8. The number of quaternary nitrogens is 1. The monoisotopic (exact) mass is 967 g/mol. The summed E-state index contributed by atoms with van der Waals surface area (Å²) in [6.45, 7) is 4.67. The highest BCUT2D eigenvalue weighted by atomic mass is 31.2. The first-order valence-corrected chi connectivity index (χ1v) is 30.7. The van der Waals surface area contributed by atoms with Crippen LogP contribution in [0, 0.1) is 0 Å². The number of carbonyl (C=O) groups excluding carboxylic acids is 1. The summed E-state index contributed by atoms with van der Waals surface area (Å²) in [6, 6.07) is -0.882. The maximum Gasteiger partial charge on any atom is 0.268 e. The van der Waals surface area contributed by atoms with Crippen molar-refractivity contribution >= 4 is 13.7 Å². The normalized spacial score (nSPS) is 14.1. The second-order valence-corrected chi connectivity index (χ2v) is 22.8. The molecule has 0 rings (SSSR count). The van der Waals surface area contributed by atoms with E-state index in [4.69, 9.17) is 9.05 Å². The third-order valence-electron chi connectivity index (χ3n) is 13.4. The van der Waals surface area contributed by atoms with E-state index in [0.29, 0.717) is 17.4 Å². The number of hydrogen-bond acceptors (Lipinski definition) is 6. The molecule has 9 heteroatoms. The van der Waals surface area contributed by atoms with Gasteiger partial charge in [0.2, 0.25) is 5.91 Å². The molecule has 0 radical (unpaired) electrons. The molecule has 3 unspecified atom stereocenters. The number of phosphoric ester groups is 1. The predicted octanol–water partition coefficient (Wildman–Crippen LogP) is 17.0. The van der Waals surface area contributed by atoms with E-state index in [1.54, 1.807) is 6.08 Å². The van der Waals surface area contributed by atoms with Gasteiger partial charge in [-0.3, -0.25) is 9.36 Å². The quantitative estimate of drug-likeness (QED) is 0.0272. The molecule has 398 valence electrons. The van der Waals surface area contributed by atoms with Crippen LogP contribution in [0.2, 0.25) is 0 Å². The van der Waals surface area contributed by atoms with Gasteiger partial charge in [0.1, 0.15) is 13.2 Å². The number of carbonyl (C=O) groups is 1. The number of phosphoric acid groups is 1. The van der Waals surface area contributed by atoms with E-state index in [2.05, 4.69) is 31.3 Å². The summed E-state index contributed by atoms with van der Waals surface area (Å²) < 4.78 is 23.3. The molecule has 67 heavy (non-hydrogen) atoms. The molecule has 0 heterocycles. The number of likely N-dealkylation sites (N-methyl/N-ethyl adjacent to an activating group) is 1. The van der Waals surface area contributed by atoms with Gasteiger partial charge in [-0.25, -0.2) is 0 Å². The van der Waals surface area contributed by atoms with Crippen LogP contribution in [0.5, 0.6) is 0 Å². The molecule has 0 saturated heterocycles. The largest absolute Gasteiger partial charge is 0.756 e. The summed E-state index contributed by atoms with van der Waals surface area (Å²) in [7, 11) is 1.27. The molecular formula is C58H115N2O6P. The number of aliphatic hydroxyl groups is 1. The van der Waals surface area contributed by atoms with E-state index in [1.807, 2.05) is 27.2 Å². The lowest BCUT2D eigenvalue weighted by atomic mass is 10.0. The van der Waals surface area contributed by atoms with E-state index in [-0.39, 0.29) is 19.1 Å². The molecule has 0 aliphatic heterocycles. The van der Waals surface area contributed by atoms with Gasteiger partial charge in [-0.1, -0.05) is 263 Å². The molecule has 0 aromatic rings. The fourth-order valence-corrected chi connectivity index (χ4v) is 9.52. The maximum atomic E-state index is 12.9. The minimum absolute atomic E-state index is 0.00109. The Balaban J connectivity index is 3.96. The van der Waals surface area contributed by atoms with Crippen molar-refractivity contribution < 1.29 is 32.9 Å². The number of nitrogens with one attached hydrogen (secondary N) is 1. The Labute approximate surface area is 417 Å². The summed E-state index contributed by atoms with van der Waals surface area (Å²) in [5.74, 6) is -0.194. The number of aliphatic hydroxyl groups excluding tert-OH is 1. The van der Waals surface area contributed by atoms with E-state index in [9.17, 15) is 19.4 Å². The third kappa shape index (κ3) is 52.6. The average molecular weight is 968 g/mol. The highest BCUT2D eigenvalue weighted by molar-refractivity contribution is 7.45. The van der Waals surface area contributed by atoms with E-state index >= 15 is 0 Å². The van der Waals surface area contributed by atoms with Crippen LogP contribution in [0.1, 0.15) is 290 Å². The number of unbranched alkanes of at least 4 members (excludes halogenated alkanes) is 39. The van der Waals surface area contributed by atoms with Gasteiger partial charge in [-0.05, 0) is 44.9 Å². The SMILES string of the molecule is CCCCCCCCCCCC/C=C/C(O)C(COP(=O)([O-])OCC[N+](C)(C)C)NC(=O)CCCCCCCCCCCCCCCCCCC/C=C\CCCCCCCCCCCCCC. The molecule has 0 aromatic heterocycles. The molecule has 1 amide bonds. The van der Waals surface area contributed by atoms with Gasteiger partial charge < -0.3 is 28.8 Å². The van der Waals surface area contributed by atoms with E-state index in [0.717, 1.165) is 38.5 Å². The van der Waals surface area contributed by atoms with Crippen molar-refractivity contribution in [2.75, 3.05) is 40.9 Å². The molecule has 8 nitrogen and oxygen atoms in total. The second-order valence-electron chi connectivity index (χ2n) is 21.4. The van der Waals surface area contributed by atoms with Crippen LogP contribution in [-0.2, 0) is 18.4 Å². The maximum absolute atomic E-state index is 12.9. The van der Waals surface area contributed by atoms with Gasteiger partial charge in [-0.2, -0.15) is 0 Å². The van der Waals surface area contributed by atoms with Crippen LogP contribution < -0.4 is 10.2 Å². The van der Waals surface area contributed by atoms with Crippen molar-refractivity contribution in [2.45, 2.75) is 302 Å². The van der Waals surface area contributed by atoms with Crippen molar-refractivity contribution in [1.29, 1.82) is 0 Å². The van der Waals surface area contributed by atoms with Crippen LogP contribution in [0.3, 0.4) is 0 Å². The first-order chi connectivity index (χ1) is 32.5. The van der Waals surface area contributed by atoms with Gasteiger partial charge in [0, 0.05) is 6.42 Å². The molecule has 0 fully saturated rings. The van der Waals surface area contributed by atoms with E-state index < -0.39 is 20.0 Å². The van der Waals surface area contributed by atoms with Crippen molar-refractivity contribution in [2.24, 2.45) is 0 Å². The van der Waals surface area contributed by atoms with Gasteiger partial charge >= 0.3 is 0 Å². The fourth-order valence-electron chi connectivity index (χ4n) is 8.80. The number of allylic oxidation sites excluding steroid dienone is 3. The Bertz CT molecular complexity index is 1140. The molecule has 0 bridgehead atoms. The number of rotatable bonds is 54. The zero-order valence-corrected chi connectivity index (χ0v) is 46.3. The molecule has 0 aromatic carbocycles. The highest BCUT2D eigenvalue weighted by Gasteiger charge is 2.23. The smallest absolute Gasteiger partial charge is 0.268 e. The predicted molar refractivity (Wildman–Crippen MR) is 289 cm³/mol. The van der Waals surface area contributed by atoms with Crippen molar-refractivity contribution in [3.8, 4) is 0 Å². The molecular weight excluding hydrogens is 852 g/mol. The molecule has 0 aliphatic rings. The zero-order chi connectivity index (χ0) is 49.2. The topological polar surface area (TPSA) is 108 Å². The fraction of sp³-hybridized carbons (Fsp3) is 0.914. The summed E-state index contributed by atoms with van der Waals surface area (Å²) in [5.41, 5.74) is 0. The lowest BCUT2D eigenvalue weighted by molar-refractivity contribution is -0.870. The van der Waals surface area contributed by atoms with Gasteiger partial charge in [0.05, 0.1) is 39.9 Å². The first-order valence-electron chi connectivity index (χ1n) is 29.2. The van der Waals surface area contributed by atoms with Crippen LogP contribution in [0.15, 0.2) is 24.3 Å². The Kier molecular flexibility index (Phi) is 49.2. The Morgan fingerprint density at radius 2 is 0.821 bits per heavy atom. The van der Waals surface area contributed by atoms with Crippen LogP contribution >= 0.6 is 7.82 Å². The number of amides is 1. The number of nitrogens with zero attached hydrogens (tertiary/aromatic N) is 1. The lowest BCUT2D eigenvalue weighted by Crippen LogP contribution is -2.45. The first kappa shape index (κ1) is 66.0. The summed E-state index contributed by atoms with van der Waals surface area (Å²) >= 11 is 0. The molecule has 3 atom stereocenters. The van der Waals surface area contributed by atoms with Crippen LogP contribution in [0.4, 0.5) is 0 Å². The molecule has 0 spiro atoms. The molecule has 2 N–H and O–H groups in total. The van der Waals surface area contributed by atoms with Gasteiger partial charge in [-0.15, -0.1) is 0 Å². The number of hydrogen-bond donors (Lipinski definition) is 2. The summed E-state index contributed by atoms with van der Waals surface area (Å²) in [5, 5.41) is 13.8. The third-order valence-corrected chi connectivity index (χ3v) is 14.4. The Morgan fingerprint density at radius 3 is 1.16 bits per heavy atom. The van der Waals surface area contributed by atoms with Crippen molar-refractivity contribution in [3.05, 3.63) is 24.3 Å². The highest BCUT2D eigenvalue weighted by Crippen LogP contribution is 2.38. The Hall–Kier alpha value is -1.02. The lowest BCUT2D eigenvalue weighted by Gasteiger charge is -2.29. The van der Waals surface area contributed by atoms with Gasteiger partial charge in [0.25, 0.3) is 7.82 Å². The Morgan fingerprint density at radius 1 is 0.507 bits per heavy atom. The zero-order valence-electron chi connectivity index (χ0n) is 45.4. The van der Waals surface area contributed by atoms with Crippen molar-refractivity contribution in [1.82, 2.24) is 5.32 Å². The molecule has 0 aliphatic carbocycles. The standard InChI is InChI=1S/C58H115N2O6P/c1-6-8-10-12-14-16-18-20-21-22-23-24-25-26-27-28-29-30-31-32-33-34-35-36-37-38-39-40-42-44-46-48-50-52-58(62)59-56(55-66-67(63,64)65-54-53-60(3,4)5)57(61)51-49-47-45-43-41-19-17-15-13-11-9-7-2/h26-27,49,51,56-57,61H,6-25,28-48,50,52-55H2,1-5H3,(H-,59,62,63,64)/b27-26-,51-49+.